The van der Waals surface area contributed by atoms with Gasteiger partial charge in [-0.05, 0) is 219 Å². The number of methoxy groups -OCH3 is 7. The van der Waals surface area contributed by atoms with Crippen molar-refractivity contribution in [2.24, 2.45) is 0 Å². The molecule has 9 nitrogen and oxygen atoms in total. The zero-order chi connectivity index (χ0) is 64.7. The van der Waals surface area contributed by atoms with Gasteiger partial charge in [0.15, 0.2) is 34.5 Å². The predicted octanol–water partition coefficient (Wildman–Crippen LogP) is 18.6. The molecule has 0 aliphatic rings. The van der Waals surface area contributed by atoms with Gasteiger partial charge in [-0.1, -0.05) is 169 Å². The molecule has 0 amide bonds. The van der Waals surface area contributed by atoms with Crippen molar-refractivity contribution in [2.75, 3.05) is 49.8 Å². The number of aryl methyl sites for hydroxylation is 12. The summed E-state index contributed by atoms with van der Waals surface area (Å²) in [6.45, 7) is 11.8. The van der Waals surface area contributed by atoms with Crippen molar-refractivity contribution < 1.29 is 42.6 Å². The molecular weight excluding hydrogens is 1130 g/mol. The minimum absolute atomic E-state index is 0.530. The molecule has 0 aliphatic heterocycles. The van der Waals surface area contributed by atoms with Crippen LogP contribution in [-0.4, -0.2) is 49.8 Å². The molecular formula is C82H92O9. The molecule has 10 aromatic rings. The van der Waals surface area contributed by atoms with Crippen LogP contribution in [0.2, 0.25) is 0 Å². The van der Waals surface area contributed by atoms with Crippen LogP contribution in [0, 0.1) is 34.6 Å². The molecule has 0 aliphatic carbocycles. The zero-order valence-electron chi connectivity index (χ0n) is 55.5. The van der Waals surface area contributed by atoms with Gasteiger partial charge in [0.05, 0.1) is 49.8 Å². The fourth-order valence-corrected chi connectivity index (χ4v) is 10.5. The van der Waals surface area contributed by atoms with Gasteiger partial charge in [-0.3, -0.25) is 0 Å². The van der Waals surface area contributed by atoms with Gasteiger partial charge in [-0.2, -0.15) is 0 Å². The van der Waals surface area contributed by atoms with E-state index in [0.717, 1.165) is 114 Å². The minimum atomic E-state index is 0.530. The fraction of sp³-hybridized carbons (Fsp3) is 0.268. The largest absolute Gasteiger partial charge is 0.497 e. The highest BCUT2D eigenvalue weighted by Gasteiger charge is 2.12. The second-order valence-electron chi connectivity index (χ2n) is 22.5. The normalized spacial score (nSPS) is 10.4. The molecule has 0 unspecified atom stereocenters. The molecule has 91 heavy (non-hydrogen) atoms. The lowest BCUT2D eigenvalue weighted by Crippen LogP contribution is -2.00. The summed E-state index contributed by atoms with van der Waals surface area (Å²) in [6, 6.07) is 74.8. The van der Waals surface area contributed by atoms with Crippen molar-refractivity contribution in [3.05, 3.63) is 302 Å². The van der Waals surface area contributed by atoms with E-state index in [2.05, 4.69) is 180 Å². The van der Waals surface area contributed by atoms with Crippen molar-refractivity contribution in [3.8, 4) is 51.7 Å². The summed E-state index contributed by atoms with van der Waals surface area (Å²) in [4.78, 5) is 0. The number of hydrogen-bond acceptors (Lipinski definition) is 9. The van der Waals surface area contributed by atoms with Gasteiger partial charge in [-0.15, -0.1) is 0 Å². The Labute approximate surface area is 542 Å². The van der Waals surface area contributed by atoms with Crippen LogP contribution in [0.4, 0.5) is 0 Å². The quantitative estimate of drug-likeness (QED) is 0.0556. The molecule has 0 heterocycles. The fourth-order valence-electron chi connectivity index (χ4n) is 10.5. The molecule has 0 saturated carbocycles. The average molecular weight is 1220 g/mol. The van der Waals surface area contributed by atoms with Crippen LogP contribution in [0.25, 0.3) is 0 Å². The first-order chi connectivity index (χ1) is 44.3. The topological polar surface area (TPSA) is 83.1 Å². The van der Waals surface area contributed by atoms with E-state index in [0.29, 0.717) is 13.2 Å². The molecule has 474 valence electrons. The molecule has 0 bridgehead atoms. The molecule has 9 heteroatoms. The monoisotopic (exact) mass is 1220 g/mol. The maximum Gasteiger partial charge on any atom is 0.161 e. The van der Waals surface area contributed by atoms with Gasteiger partial charge in [0.2, 0.25) is 0 Å². The molecule has 0 radical (unpaired) electrons. The van der Waals surface area contributed by atoms with E-state index in [-0.39, 0.29) is 0 Å². The van der Waals surface area contributed by atoms with Crippen molar-refractivity contribution in [3.63, 3.8) is 0 Å². The van der Waals surface area contributed by atoms with E-state index in [9.17, 15) is 0 Å². The highest BCUT2D eigenvalue weighted by molar-refractivity contribution is 5.47. The molecule has 0 N–H and O–H groups in total. The summed E-state index contributed by atoms with van der Waals surface area (Å²) in [5.41, 5.74) is 19.2. The highest BCUT2D eigenvalue weighted by atomic mass is 16.5. The van der Waals surface area contributed by atoms with Crippen LogP contribution in [0.5, 0.6) is 51.7 Å². The van der Waals surface area contributed by atoms with Crippen molar-refractivity contribution in [1.82, 2.24) is 0 Å². The Kier molecular flexibility index (Phi) is 27.8. The van der Waals surface area contributed by atoms with Crippen molar-refractivity contribution in [1.29, 1.82) is 0 Å². The standard InChI is InChI=1S/C24H26O3.C24H26O2.2C17H20O2/c1-18-4-6-21(7-5-18)17-27-23-15-12-20(16-24(23)26-3)9-8-19-10-13-22(25-2)14-11-19;1-18-8-7-11-22(19(18)2)14-12-20-13-15-23(24(16-20)25-3)26-17-21-9-5-4-6-10-21;1-13-8-11-17(19-3)15(12-13)10-9-14-6-4-5-7-16(14)18-2;1-13-6-4-5-7-15(13)10-8-14-9-11-16(18-2)17(12-14)19-3/h4-7,10-16H,8-9,17H2,1-3H3;4-11,13,15-16H,12,14,17H2,1-3H3;4-8,11-12H,9-10H2,1-3H3;4-7,9,11-12H,8,10H2,1-3H3. The second kappa shape index (κ2) is 36.8. The Hall–Kier alpha value is -9.60. The van der Waals surface area contributed by atoms with E-state index >= 15 is 0 Å². The first-order valence-corrected chi connectivity index (χ1v) is 31.2. The highest BCUT2D eigenvalue weighted by Crippen LogP contribution is 2.33. The van der Waals surface area contributed by atoms with Crippen LogP contribution in [0.15, 0.2) is 218 Å². The third-order valence-electron chi connectivity index (χ3n) is 16.2. The molecule has 0 saturated heterocycles. The Bertz CT molecular complexity index is 3780. The summed E-state index contributed by atoms with van der Waals surface area (Å²) >= 11 is 0. The molecule has 0 aromatic heterocycles. The van der Waals surface area contributed by atoms with Gasteiger partial charge in [0.1, 0.15) is 30.5 Å². The molecule has 0 spiro atoms. The molecule has 10 rings (SSSR count). The van der Waals surface area contributed by atoms with Gasteiger partial charge >= 0.3 is 0 Å². The average Bonchev–Trinajstić information content (AvgIpc) is 3.56. The van der Waals surface area contributed by atoms with E-state index in [1.54, 1.807) is 49.8 Å². The Morgan fingerprint density at radius 1 is 0.231 bits per heavy atom. The lowest BCUT2D eigenvalue weighted by Gasteiger charge is -2.13. The second-order valence-corrected chi connectivity index (χ2v) is 22.5. The minimum Gasteiger partial charge on any atom is -0.497 e. The third kappa shape index (κ3) is 21.8. The summed E-state index contributed by atoms with van der Waals surface area (Å²) in [7, 11) is 11.8. The van der Waals surface area contributed by atoms with Crippen LogP contribution in [-0.2, 0) is 64.6 Å². The SMILES string of the molecule is COc1cc(CCc2cccc(C)c2C)ccc1OCc1ccccc1.COc1ccc(CCc2ccc(OCc3ccc(C)cc3)c(OC)c2)cc1.COc1ccc(CCc2ccccc2C)cc1OC.COc1ccccc1CCc1cc(C)ccc1OC. The summed E-state index contributed by atoms with van der Waals surface area (Å²) in [6.07, 6.45) is 7.88. The third-order valence-corrected chi connectivity index (χ3v) is 16.2. The van der Waals surface area contributed by atoms with Crippen molar-refractivity contribution >= 4 is 0 Å². The van der Waals surface area contributed by atoms with E-state index in [1.807, 2.05) is 72.8 Å². The Morgan fingerprint density at radius 2 is 0.626 bits per heavy atom. The number of benzene rings is 10. The summed E-state index contributed by atoms with van der Waals surface area (Å²) in [5.74, 6) is 7.49. The Morgan fingerprint density at radius 3 is 1.20 bits per heavy atom. The summed E-state index contributed by atoms with van der Waals surface area (Å²) in [5, 5.41) is 0. The van der Waals surface area contributed by atoms with Crippen LogP contribution >= 0.6 is 0 Å². The smallest absolute Gasteiger partial charge is 0.161 e. The number of hydrogen-bond donors (Lipinski definition) is 0. The maximum absolute atomic E-state index is 5.96. The first-order valence-electron chi connectivity index (χ1n) is 31.2. The van der Waals surface area contributed by atoms with E-state index < -0.39 is 0 Å². The zero-order valence-corrected chi connectivity index (χ0v) is 55.5. The van der Waals surface area contributed by atoms with Crippen LogP contribution in [0.1, 0.15) is 83.5 Å². The Balaban J connectivity index is 0.000000175. The van der Waals surface area contributed by atoms with E-state index in [4.69, 9.17) is 42.6 Å². The first kappa shape index (κ1) is 68.9. The van der Waals surface area contributed by atoms with Gasteiger partial charge in [0.25, 0.3) is 0 Å². The van der Waals surface area contributed by atoms with Crippen molar-refractivity contribution in [2.45, 2.75) is 99.2 Å². The molecule has 10 aromatic carbocycles. The number of ether oxygens (including phenoxy) is 9. The lowest BCUT2D eigenvalue weighted by atomic mass is 9.97. The van der Waals surface area contributed by atoms with Gasteiger partial charge in [0, 0.05) is 0 Å². The van der Waals surface area contributed by atoms with Crippen LogP contribution < -0.4 is 42.6 Å². The number of rotatable bonds is 25. The van der Waals surface area contributed by atoms with E-state index in [1.165, 1.54) is 72.3 Å². The predicted molar refractivity (Wildman–Crippen MR) is 372 cm³/mol. The maximum atomic E-state index is 5.96. The molecule has 0 fully saturated rings. The van der Waals surface area contributed by atoms with Gasteiger partial charge < -0.3 is 42.6 Å². The summed E-state index contributed by atoms with van der Waals surface area (Å²) < 4.78 is 49.6. The van der Waals surface area contributed by atoms with Gasteiger partial charge in [-0.25, -0.2) is 0 Å². The number of para-hydroxylation sites is 1. The van der Waals surface area contributed by atoms with Crippen LogP contribution in [0.3, 0.4) is 0 Å². The lowest BCUT2D eigenvalue weighted by molar-refractivity contribution is 0.284. The molecule has 0 atom stereocenters.